The largest absolute Gasteiger partial charge is 0.422 e. The SMILES string of the molecule is CC(C)c1cc2c3c(c1OC(=O)CCCc1c[nH]c4ccccc14)OC(=O)[C@@]31CCCC(C)(C)[C@@H]1CC2. The van der Waals surface area contributed by atoms with Gasteiger partial charge in [0, 0.05) is 34.6 Å². The summed E-state index contributed by atoms with van der Waals surface area (Å²) in [4.78, 5) is 30.1. The first-order valence-electron chi connectivity index (χ1n) is 13.9. The maximum Gasteiger partial charge on any atom is 0.322 e. The molecule has 1 saturated carbocycles. The fraction of sp³-hybridized carbons (Fsp3) is 0.500. The van der Waals surface area contributed by atoms with Crippen molar-refractivity contribution in [3.8, 4) is 11.5 Å². The number of aromatic nitrogens is 1. The Morgan fingerprint density at radius 3 is 2.84 bits per heavy atom. The van der Waals surface area contributed by atoms with Gasteiger partial charge < -0.3 is 14.5 Å². The third kappa shape index (κ3) is 3.72. The third-order valence-corrected chi connectivity index (χ3v) is 9.32. The summed E-state index contributed by atoms with van der Waals surface area (Å²) >= 11 is 0. The molecule has 1 spiro atoms. The number of aryl methyl sites for hydroxylation is 2. The predicted octanol–water partition coefficient (Wildman–Crippen LogP) is 7.15. The minimum Gasteiger partial charge on any atom is -0.422 e. The fourth-order valence-corrected chi connectivity index (χ4v) is 7.56. The van der Waals surface area contributed by atoms with E-state index in [1.165, 1.54) is 16.5 Å². The minimum absolute atomic E-state index is 0.0759. The number of nitrogens with one attached hydrogen (secondary N) is 1. The summed E-state index contributed by atoms with van der Waals surface area (Å²) < 4.78 is 12.2. The first-order chi connectivity index (χ1) is 17.7. The van der Waals surface area contributed by atoms with Crippen molar-refractivity contribution in [1.82, 2.24) is 4.98 Å². The number of carbonyl (C=O) groups is 2. The van der Waals surface area contributed by atoms with E-state index in [2.05, 4.69) is 50.9 Å². The van der Waals surface area contributed by atoms with E-state index < -0.39 is 5.41 Å². The Labute approximate surface area is 218 Å². The average Bonchev–Trinajstić information content (AvgIpc) is 3.40. The van der Waals surface area contributed by atoms with E-state index in [9.17, 15) is 9.59 Å². The smallest absolute Gasteiger partial charge is 0.322 e. The number of para-hydroxylation sites is 1. The summed E-state index contributed by atoms with van der Waals surface area (Å²) in [6.45, 7) is 8.80. The van der Waals surface area contributed by atoms with E-state index in [4.69, 9.17) is 9.47 Å². The van der Waals surface area contributed by atoms with Crippen LogP contribution in [-0.2, 0) is 27.8 Å². The normalized spacial score (nSPS) is 23.6. The molecule has 1 fully saturated rings. The number of esters is 2. The Balaban J connectivity index is 1.29. The van der Waals surface area contributed by atoms with E-state index in [1.54, 1.807) is 0 Å². The number of rotatable bonds is 6. The maximum absolute atomic E-state index is 13.7. The van der Waals surface area contributed by atoms with Crippen molar-refractivity contribution in [2.75, 3.05) is 0 Å². The van der Waals surface area contributed by atoms with Crippen molar-refractivity contribution in [2.45, 2.75) is 90.4 Å². The number of H-pyrrole nitrogens is 1. The van der Waals surface area contributed by atoms with Gasteiger partial charge in [-0.3, -0.25) is 9.59 Å². The molecule has 2 aliphatic carbocycles. The van der Waals surface area contributed by atoms with Crippen LogP contribution >= 0.6 is 0 Å². The van der Waals surface area contributed by atoms with E-state index in [-0.39, 0.29) is 29.2 Å². The number of hydrogen-bond acceptors (Lipinski definition) is 4. The molecule has 1 N–H and O–H groups in total. The standard InChI is InChI=1S/C32H37NO4/c1-19(2)23-17-20-13-14-25-31(3,4)15-8-16-32(25)27(20)29(37-30(32)35)28(23)36-26(34)12-7-9-21-18-33-24-11-6-5-10-22(21)24/h5-6,10-11,17-19,25,33H,7-9,12-16H2,1-4H3/t25-,32+/m0/s1. The lowest BCUT2D eigenvalue weighted by Crippen LogP contribution is -2.52. The van der Waals surface area contributed by atoms with Gasteiger partial charge in [0.05, 0.1) is 0 Å². The van der Waals surface area contributed by atoms with Crippen LogP contribution in [0.4, 0.5) is 0 Å². The molecule has 5 heteroatoms. The highest BCUT2D eigenvalue weighted by Gasteiger charge is 2.62. The van der Waals surface area contributed by atoms with Gasteiger partial charge in [0.15, 0.2) is 11.5 Å². The second-order valence-corrected chi connectivity index (χ2v) is 12.3. The summed E-state index contributed by atoms with van der Waals surface area (Å²) in [5.74, 6) is 0.981. The molecule has 37 heavy (non-hydrogen) atoms. The van der Waals surface area contributed by atoms with Crippen LogP contribution < -0.4 is 9.47 Å². The summed E-state index contributed by atoms with van der Waals surface area (Å²) in [7, 11) is 0. The van der Waals surface area contributed by atoms with Gasteiger partial charge in [0.25, 0.3) is 0 Å². The molecule has 3 aliphatic rings. The molecule has 0 bridgehead atoms. The Bertz CT molecular complexity index is 1400. The Kier molecular flexibility index (Phi) is 5.74. The predicted molar refractivity (Wildman–Crippen MR) is 144 cm³/mol. The molecule has 2 aromatic carbocycles. The topological polar surface area (TPSA) is 68.4 Å². The highest BCUT2D eigenvalue weighted by Crippen LogP contribution is 2.64. The number of fused-ring (bicyclic) bond motifs is 1. The van der Waals surface area contributed by atoms with Gasteiger partial charge in [-0.25, -0.2) is 0 Å². The molecule has 0 unspecified atom stereocenters. The summed E-state index contributed by atoms with van der Waals surface area (Å²) in [5, 5.41) is 1.20. The Morgan fingerprint density at radius 1 is 1.22 bits per heavy atom. The van der Waals surface area contributed by atoms with E-state index >= 15 is 0 Å². The van der Waals surface area contributed by atoms with Crippen molar-refractivity contribution in [3.63, 3.8) is 0 Å². The molecular formula is C32H37NO4. The monoisotopic (exact) mass is 499 g/mol. The zero-order valence-corrected chi connectivity index (χ0v) is 22.4. The second-order valence-electron chi connectivity index (χ2n) is 12.3. The Morgan fingerprint density at radius 2 is 2.03 bits per heavy atom. The van der Waals surface area contributed by atoms with Crippen molar-refractivity contribution in [3.05, 3.63) is 58.8 Å². The molecule has 5 nitrogen and oxygen atoms in total. The first kappa shape index (κ1) is 24.3. The second kappa shape index (κ2) is 8.75. The zero-order chi connectivity index (χ0) is 25.9. The molecular weight excluding hydrogens is 462 g/mol. The quantitative estimate of drug-likeness (QED) is 0.289. The van der Waals surface area contributed by atoms with E-state index in [0.29, 0.717) is 24.3 Å². The third-order valence-electron chi connectivity index (χ3n) is 9.32. The molecule has 0 radical (unpaired) electrons. The lowest BCUT2D eigenvalue weighted by Gasteiger charge is -2.51. The molecule has 1 aliphatic heterocycles. The van der Waals surface area contributed by atoms with Gasteiger partial charge in [-0.2, -0.15) is 0 Å². The summed E-state index contributed by atoms with van der Waals surface area (Å²) in [6.07, 6.45) is 8.71. The fourth-order valence-electron chi connectivity index (χ4n) is 7.56. The number of aromatic amines is 1. The number of carbonyl (C=O) groups excluding carboxylic acids is 2. The molecule has 2 atom stereocenters. The molecule has 1 aromatic heterocycles. The van der Waals surface area contributed by atoms with Gasteiger partial charge in [0.2, 0.25) is 0 Å². The van der Waals surface area contributed by atoms with Crippen LogP contribution in [0.2, 0.25) is 0 Å². The molecule has 0 amide bonds. The number of ether oxygens (including phenoxy) is 2. The number of hydrogen-bond donors (Lipinski definition) is 1. The van der Waals surface area contributed by atoms with E-state index in [1.807, 2.05) is 18.3 Å². The van der Waals surface area contributed by atoms with Gasteiger partial charge in [-0.05, 0) is 73.0 Å². The zero-order valence-electron chi connectivity index (χ0n) is 22.4. The lowest BCUT2D eigenvalue weighted by atomic mass is 9.50. The van der Waals surface area contributed by atoms with Gasteiger partial charge in [0.1, 0.15) is 5.41 Å². The molecule has 0 saturated heterocycles. The summed E-state index contributed by atoms with van der Waals surface area (Å²) in [5.41, 5.74) is 4.98. The van der Waals surface area contributed by atoms with Crippen molar-refractivity contribution in [1.29, 1.82) is 0 Å². The van der Waals surface area contributed by atoms with Crippen molar-refractivity contribution < 1.29 is 19.1 Å². The van der Waals surface area contributed by atoms with Crippen LogP contribution in [0.3, 0.4) is 0 Å². The maximum atomic E-state index is 13.7. The number of benzene rings is 2. The first-order valence-corrected chi connectivity index (χ1v) is 13.9. The van der Waals surface area contributed by atoms with Crippen LogP contribution in [0.5, 0.6) is 11.5 Å². The molecule has 3 aromatic rings. The van der Waals surface area contributed by atoms with Gasteiger partial charge in [-0.1, -0.05) is 58.4 Å². The van der Waals surface area contributed by atoms with Crippen LogP contribution in [0.15, 0.2) is 36.5 Å². The van der Waals surface area contributed by atoms with Gasteiger partial charge in [-0.15, -0.1) is 0 Å². The molecule has 6 rings (SSSR count). The molecule has 2 heterocycles. The van der Waals surface area contributed by atoms with Crippen LogP contribution in [-0.4, -0.2) is 16.9 Å². The van der Waals surface area contributed by atoms with E-state index in [0.717, 1.165) is 55.2 Å². The van der Waals surface area contributed by atoms with Crippen LogP contribution in [0, 0.1) is 11.3 Å². The van der Waals surface area contributed by atoms with Crippen molar-refractivity contribution >= 4 is 22.8 Å². The molecule has 194 valence electrons. The average molecular weight is 500 g/mol. The highest BCUT2D eigenvalue weighted by molar-refractivity contribution is 5.94. The highest BCUT2D eigenvalue weighted by atomic mass is 16.6. The Hall–Kier alpha value is -3.08. The van der Waals surface area contributed by atoms with Crippen molar-refractivity contribution in [2.24, 2.45) is 11.3 Å². The lowest BCUT2D eigenvalue weighted by molar-refractivity contribution is -0.146. The van der Waals surface area contributed by atoms with Crippen LogP contribution in [0.25, 0.3) is 10.9 Å². The summed E-state index contributed by atoms with van der Waals surface area (Å²) in [6, 6.07) is 10.4. The van der Waals surface area contributed by atoms with Crippen LogP contribution in [0.1, 0.15) is 94.4 Å². The van der Waals surface area contributed by atoms with Gasteiger partial charge >= 0.3 is 11.9 Å². The minimum atomic E-state index is -0.601.